The first-order chi connectivity index (χ1) is 11.7. The highest BCUT2D eigenvalue weighted by Crippen LogP contribution is 2.19. The average Bonchev–Trinajstić information content (AvgIpc) is 2.92. The Bertz CT molecular complexity index is 675. The van der Waals surface area contributed by atoms with Gasteiger partial charge in [-0.05, 0) is 63.5 Å². The lowest BCUT2D eigenvalue weighted by molar-refractivity contribution is 0.270. The molecule has 0 atom stereocenters. The quantitative estimate of drug-likeness (QED) is 0.651. The molecular weight excluding hydrogens is 296 g/mol. The molecule has 0 saturated carbocycles. The van der Waals surface area contributed by atoms with E-state index in [1.165, 1.54) is 25.9 Å². The van der Waals surface area contributed by atoms with Crippen molar-refractivity contribution in [2.45, 2.75) is 59.4 Å². The lowest BCUT2D eigenvalue weighted by atomic mass is 10.2. The van der Waals surface area contributed by atoms with Crippen molar-refractivity contribution in [1.29, 1.82) is 5.26 Å². The van der Waals surface area contributed by atoms with Crippen LogP contribution in [-0.2, 0) is 13.0 Å². The lowest BCUT2D eigenvalue weighted by Gasteiger charge is -2.20. The van der Waals surface area contributed by atoms with Crippen molar-refractivity contribution < 1.29 is 0 Å². The van der Waals surface area contributed by atoms with Gasteiger partial charge in [-0.1, -0.05) is 20.8 Å². The van der Waals surface area contributed by atoms with Crippen molar-refractivity contribution in [2.24, 2.45) is 0 Å². The van der Waals surface area contributed by atoms with Gasteiger partial charge >= 0.3 is 0 Å². The van der Waals surface area contributed by atoms with Crippen LogP contribution in [0, 0.1) is 11.3 Å². The van der Waals surface area contributed by atoms with Crippen molar-refractivity contribution in [3.8, 4) is 6.07 Å². The molecule has 0 unspecified atom stereocenters. The van der Waals surface area contributed by atoms with Gasteiger partial charge in [-0.2, -0.15) is 5.26 Å². The van der Waals surface area contributed by atoms with Gasteiger partial charge in [0.15, 0.2) is 0 Å². The number of rotatable bonds is 10. The van der Waals surface area contributed by atoms with Crippen LogP contribution in [0.25, 0.3) is 11.0 Å². The second-order valence-electron chi connectivity index (χ2n) is 6.44. The minimum Gasteiger partial charge on any atom is -0.328 e. The Morgan fingerprint density at radius 1 is 1.08 bits per heavy atom. The van der Waals surface area contributed by atoms with Crippen molar-refractivity contribution in [3.63, 3.8) is 0 Å². The summed E-state index contributed by atoms with van der Waals surface area (Å²) in [5, 5.41) is 9.14. The number of hydrogen-bond acceptors (Lipinski definition) is 3. The second-order valence-corrected chi connectivity index (χ2v) is 6.44. The summed E-state index contributed by atoms with van der Waals surface area (Å²) in [4.78, 5) is 7.39. The number of aryl methyl sites for hydroxylation is 2. The number of fused-ring (bicyclic) bond motifs is 1. The van der Waals surface area contributed by atoms with Crippen LogP contribution >= 0.6 is 0 Å². The van der Waals surface area contributed by atoms with E-state index >= 15 is 0 Å². The summed E-state index contributed by atoms with van der Waals surface area (Å²) in [6.07, 6.45) is 5.64. The first kappa shape index (κ1) is 18.5. The smallest absolute Gasteiger partial charge is 0.109 e. The summed E-state index contributed by atoms with van der Waals surface area (Å²) in [6, 6.07) is 8.05. The zero-order chi connectivity index (χ0) is 17.4. The Balaban J connectivity index is 2.13. The van der Waals surface area contributed by atoms with Gasteiger partial charge in [-0.25, -0.2) is 4.98 Å². The molecule has 2 rings (SSSR count). The van der Waals surface area contributed by atoms with Crippen LogP contribution in [-0.4, -0.2) is 34.1 Å². The molecule has 1 heterocycles. The summed E-state index contributed by atoms with van der Waals surface area (Å²) in [5.74, 6) is 1.16. The SMILES string of the molecule is CCCN(CCC)CCCc1nc2ccc(C#N)cc2n1CCC. The first-order valence-corrected chi connectivity index (χ1v) is 9.35. The van der Waals surface area contributed by atoms with Crippen molar-refractivity contribution in [3.05, 3.63) is 29.6 Å². The average molecular weight is 326 g/mol. The minimum atomic E-state index is 0.711. The molecule has 2 aromatic rings. The molecule has 0 N–H and O–H groups in total. The predicted molar refractivity (Wildman–Crippen MR) is 100 cm³/mol. The highest BCUT2D eigenvalue weighted by Gasteiger charge is 2.11. The summed E-state index contributed by atoms with van der Waals surface area (Å²) in [7, 11) is 0. The van der Waals surface area contributed by atoms with Crippen LogP contribution in [0.1, 0.15) is 57.8 Å². The van der Waals surface area contributed by atoms with Crippen molar-refractivity contribution >= 4 is 11.0 Å². The third-order valence-corrected chi connectivity index (χ3v) is 4.36. The molecule has 0 fully saturated rings. The molecular formula is C20H30N4. The Kier molecular flexibility index (Phi) is 7.27. The van der Waals surface area contributed by atoms with Gasteiger partial charge in [0.25, 0.3) is 0 Å². The predicted octanol–water partition coefficient (Wildman–Crippen LogP) is 4.37. The molecule has 4 heteroatoms. The Morgan fingerprint density at radius 3 is 2.46 bits per heavy atom. The molecule has 0 saturated heterocycles. The maximum Gasteiger partial charge on any atom is 0.109 e. The van der Waals surface area contributed by atoms with E-state index in [0.29, 0.717) is 5.56 Å². The fourth-order valence-corrected chi connectivity index (χ4v) is 3.33. The maximum atomic E-state index is 9.14. The molecule has 0 aliphatic carbocycles. The number of hydrogen-bond donors (Lipinski definition) is 0. The zero-order valence-electron chi connectivity index (χ0n) is 15.4. The number of nitriles is 1. The largest absolute Gasteiger partial charge is 0.328 e. The first-order valence-electron chi connectivity index (χ1n) is 9.35. The molecule has 1 aromatic carbocycles. The normalized spacial score (nSPS) is 11.3. The number of aromatic nitrogens is 2. The molecule has 130 valence electrons. The van der Waals surface area contributed by atoms with Crippen LogP contribution in [0.3, 0.4) is 0 Å². The van der Waals surface area contributed by atoms with E-state index in [9.17, 15) is 0 Å². The lowest BCUT2D eigenvalue weighted by Crippen LogP contribution is -2.27. The summed E-state index contributed by atoms with van der Waals surface area (Å²) >= 11 is 0. The number of benzene rings is 1. The Labute approximate surface area is 146 Å². The third-order valence-electron chi connectivity index (χ3n) is 4.36. The zero-order valence-corrected chi connectivity index (χ0v) is 15.4. The van der Waals surface area contributed by atoms with Gasteiger partial charge in [0.05, 0.1) is 22.7 Å². The molecule has 1 aromatic heterocycles. The highest BCUT2D eigenvalue weighted by atomic mass is 15.1. The topological polar surface area (TPSA) is 44.9 Å². The second kappa shape index (κ2) is 9.44. The molecule has 0 aliphatic heterocycles. The van der Waals surface area contributed by atoms with Gasteiger partial charge < -0.3 is 9.47 Å². The third kappa shape index (κ3) is 4.58. The van der Waals surface area contributed by atoms with Gasteiger partial charge in [-0.3, -0.25) is 0 Å². The van der Waals surface area contributed by atoms with E-state index in [0.717, 1.165) is 49.2 Å². The monoisotopic (exact) mass is 326 g/mol. The highest BCUT2D eigenvalue weighted by molar-refractivity contribution is 5.77. The molecule has 0 aliphatic rings. The summed E-state index contributed by atoms with van der Waals surface area (Å²) < 4.78 is 2.31. The summed E-state index contributed by atoms with van der Waals surface area (Å²) in [5.41, 5.74) is 2.82. The van der Waals surface area contributed by atoms with Gasteiger partial charge in [-0.15, -0.1) is 0 Å². The van der Waals surface area contributed by atoms with E-state index in [1.54, 1.807) is 0 Å². The Morgan fingerprint density at radius 2 is 1.83 bits per heavy atom. The van der Waals surface area contributed by atoms with E-state index in [4.69, 9.17) is 10.2 Å². The standard InChI is InChI=1S/C20H30N4/c1-4-11-23(12-5-2)14-7-8-20-22-18-10-9-17(16-21)15-19(18)24(20)13-6-3/h9-10,15H,4-8,11-14H2,1-3H3. The van der Waals surface area contributed by atoms with Gasteiger partial charge in [0.1, 0.15) is 5.82 Å². The number of imidazole rings is 1. The fraction of sp³-hybridized carbons (Fsp3) is 0.600. The van der Waals surface area contributed by atoms with Crippen LogP contribution in [0.4, 0.5) is 0 Å². The van der Waals surface area contributed by atoms with E-state index in [1.807, 2.05) is 18.2 Å². The molecule has 0 bridgehead atoms. The van der Waals surface area contributed by atoms with Crippen molar-refractivity contribution in [1.82, 2.24) is 14.5 Å². The molecule has 4 nitrogen and oxygen atoms in total. The maximum absolute atomic E-state index is 9.14. The summed E-state index contributed by atoms with van der Waals surface area (Å²) in [6.45, 7) is 11.2. The van der Waals surface area contributed by atoms with Crippen LogP contribution in [0.2, 0.25) is 0 Å². The van der Waals surface area contributed by atoms with Crippen molar-refractivity contribution in [2.75, 3.05) is 19.6 Å². The Hall–Kier alpha value is -1.86. The van der Waals surface area contributed by atoms with E-state index in [-0.39, 0.29) is 0 Å². The molecule has 0 spiro atoms. The number of nitrogens with zero attached hydrogens (tertiary/aromatic N) is 4. The van der Waals surface area contributed by atoms with E-state index < -0.39 is 0 Å². The van der Waals surface area contributed by atoms with Crippen LogP contribution < -0.4 is 0 Å². The molecule has 24 heavy (non-hydrogen) atoms. The van der Waals surface area contributed by atoms with Crippen LogP contribution in [0.5, 0.6) is 0 Å². The molecule has 0 radical (unpaired) electrons. The minimum absolute atomic E-state index is 0.711. The van der Waals surface area contributed by atoms with Crippen LogP contribution in [0.15, 0.2) is 18.2 Å². The van der Waals surface area contributed by atoms with Gasteiger partial charge in [0.2, 0.25) is 0 Å². The van der Waals surface area contributed by atoms with Gasteiger partial charge in [0, 0.05) is 13.0 Å². The fourth-order valence-electron chi connectivity index (χ4n) is 3.33. The molecule has 0 amide bonds. The van der Waals surface area contributed by atoms with E-state index in [2.05, 4.69) is 36.3 Å².